The Kier molecular flexibility index (Phi) is 4.79. The van der Waals surface area contributed by atoms with E-state index in [9.17, 15) is 4.79 Å². The van der Waals surface area contributed by atoms with E-state index in [1.165, 1.54) is 0 Å². The summed E-state index contributed by atoms with van der Waals surface area (Å²) in [5.74, 6) is -0.430. The van der Waals surface area contributed by atoms with E-state index in [1.54, 1.807) is 4.90 Å². The zero-order chi connectivity index (χ0) is 16.6. The molecule has 1 saturated carbocycles. The van der Waals surface area contributed by atoms with Crippen LogP contribution in [-0.4, -0.2) is 48.7 Å². The van der Waals surface area contributed by atoms with Gasteiger partial charge in [-0.05, 0) is 33.6 Å². The number of carbonyl (C=O) groups is 1. The Morgan fingerprint density at radius 3 is 2.09 bits per heavy atom. The van der Waals surface area contributed by atoms with Crippen LogP contribution in [0.15, 0.2) is 0 Å². The van der Waals surface area contributed by atoms with Crippen LogP contribution >= 0.6 is 0 Å². The van der Waals surface area contributed by atoms with Crippen LogP contribution in [0.4, 0.5) is 4.79 Å². The van der Waals surface area contributed by atoms with Crippen molar-refractivity contribution >= 4 is 6.09 Å². The van der Waals surface area contributed by atoms with Crippen molar-refractivity contribution in [1.29, 1.82) is 0 Å². The number of nitrogens with zero attached hydrogens (tertiary/aromatic N) is 1. The Labute approximate surface area is 134 Å². The molecule has 1 aliphatic carbocycles. The molecule has 0 atom stereocenters. The van der Waals surface area contributed by atoms with E-state index in [1.807, 2.05) is 27.8 Å². The summed E-state index contributed by atoms with van der Waals surface area (Å²) in [5.41, 5.74) is -0.363. The second-order valence-corrected chi connectivity index (χ2v) is 8.47. The molecule has 0 N–H and O–H groups in total. The molecule has 0 aromatic heterocycles. The Morgan fingerprint density at radius 2 is 1.64 bits per heavy atom. The third-order valence-corrected chi connectivity index (χ3v) is 4.40. The molecule has 2 rings (SSSR count). The molecule has 1 heterocycles. The quantitative estimate of drug-likeness (QED) is 0.742. The highest BCUT2D eigenvalue weighted by Gasteiger charge is 2.44. The first kappa shape index (κ1) is 17.5. The Balaban J connectivity index is 1.86. The van der Waals surface area contributed by atoms with Crippen LogP contribution in [0.3, 0.4) is 0 Å². The molecule has 5 nitrogen and oxygen atoms in total. The molecule has 5 heteroatoms. The van der Waals surface area contributed by atoms with Crippen LogP contribution in [0.2, 0.25) is 0 Å². The third kappa shape index (κ3) is 4.35. The topological polar surface area (TPSA) is 48.0 Å². The zero-order valence-electron chi connectivity index (χ0n) is 14.9. The minimum absolute atomic E-state index is 0.0927. The van der Waals surface area contributed by atoms with Crippen molar-refractivity contribution in [1.82, 2.24) is 4.90 Å². The van der Waals surface area contributed by atoms with E-state index in [2.05, 4.69) is 13.8 Å². The number of rotatable bonds is 1. The molecular formula is C17H31NO4. The summed E-state index contributed by atoms with van der Waals surface area (Å²) in [4.78, 5) is 13.9. The Bertz CT molecular complexity index is 393. The molecule has 0 aromatic carbocycles. The molecule has 0 aromatic rings. The highest BCUT2D eigenvalue weighted by molar-refractivity contribution is 5.68. The van der Waals surface area contributed by atoms with E-state index < -0.39 is 11.4 Å². The summed E-state index contributed by atoms with van der Waals surface area (Å²) in [5, 5.41) is 0. The number of hydrogen-bond acceptors (Lipinski definition) is 4. The van der Waals surface area contributed by atoms with E-state index in [4.69, 9.17) is 14.2 Å². The molecule has 1 spiro atoms. The molecule has 2 fully saturated rings. The molecule has 0 unspecified atom stereocenters. The average molecular weight is 313 g/mol. The van der Waals surface area contributed by atoms with Crippen LogP contribution in [0.25, 0.3) is 0 Å². The van der Waals surface area contributed by atoms with Gasteiger partial charge in [-0.15, -0.1) is 0 Å². The van der Waals surface area contributed by atoms with Gasteiger partial charge >= 0.3 is 6.09 Å². The van der Waals surface area contributed by atoms with E-state index >= 15 is 0 Å². The van der Waals surface area contributed by atoms with Gasteiger partial charge in [0.25, 0.3) is 0 Å². The lowest BCUT2D eigenvalue weighted by atomic mass is 9.86. The van der Waals surface area contributed by atoms with Crippen molar-refractivity contribution in [2.45, 2.75) is 77.7 Å². The number of ether oxygens (including phenoxy) is 3. The van der Waals surface area contributed by atoms with Crippen LogP contribution < -0.4 is 0 Å². The van der Waals surface area contributed by atoms with Gasteiger partial charge in [0.05, 0.1) is 13.2 Å². The molecule has 0 bridgehead atoms. The molecule has 0 radical (unpaired) electrons. The molecule has 2 aliphatic rings. The van der Waals surface area contributed by atoms with Crippen molar-refractivity contribution in [2.24, 2.45) is 5.41 Å². The monoisotopic (exact) mass is 313 g/mol. The maximum atomic E-state index is 12.2. The minimum atomic E-state index is -0.456. The van der Waals surface area contributed by atoms with Gasteiger partial charge in [-0.25, -0.2) is 4.79 Å². The fourth-order valence-corrected chi connectivity index (χ4v) is 2.94. The average Bonchev–Trinajstić information content (AvgIpc) is 2.41. The summed E-state index contributed by atoms with van der Waals surface area (Å²) >= 11 is 0. The number of amides is 1. The lowest BCUT2D eigenvalue weighted by Crippen LogP contribution is -2.52. The van der Waals surface area contributed by atoms with Crippen LogP contribution in [0, 0.1) is 5.41 Å². The maximum Gasteiger partial charge on any atom is 0.410 e. The lowest BCUT2D eigenvalue weighted by molar-refractivity contribution is -0.312. The van der Waals surface area contributed by atoms with Gasteiger partial charge in [0.1, 0.15) is 5.60 Å². The molecular weight excluding hydrogens is 282 g/mol. The first-order chi connectivity index (χ1) is 10.0. The fourth-order valence-electron chi connectivity index (χ4n) is 2.94. The van der Waals surface area contributed by atoms with Crippen molar-refractivity contribution in [3.63, 3.8) is 0 Å². The molecule has 128 valence electrons. The van der Waals surface area contributed by atoms with Gasteiger partial charge in [-0.1, -0.05) is 13.8 Å². The van der Waals surface area contributed by atoms with E-state index in [0.29, 0.717) is 0 Å². The standard InChI is InChI=1S/C17H31NO4/c1-15(2,3)22-14(19)18(6)13-7-9-17(10-8-13)20-11-16(4,5)12-21-17/h13H,7-12H2,1-6H3. The first-order valence-corrected chi connectivity index (χ1v) is 8.26. The zero-order valence-corrected chi connectivity index (χ0v) is 14.9. The van der Waals surface area contributed by atoms with Gasteiger partial charge in [0.15, 0.2) is 5.79 Å². The summed E-state index contributed by atoms with van der Waals surface area (Å²) in [6, 6.07) is 0.197. The summed E-state index contributed by atoms with van der Waals surface area (Å²) < 4.78 is 17.5. The van der Waals surface area contributed by atoms with Gasteiger partial charge < -0.3 is 19.1 Å². The molecule has 1 aliphatic heterocycles. The van der Waals surface area contributed by atoms with Crippen molar-refractivity contribution in [2.75, 3.05) is 20.3 Å². The lowest BCUT2D eigenvalue weighted by Gasteiger charge is -2.47. The highest BCUT2D eigenvalue weighted by atomic mass is 16.7. The fraction of sp³-hybridized carbons (Fsp3) is 0.941. The van der Waals surface area contributed by atoms with Crippen molar-refractivity contribution in [3.8, 4) is 0 Å². The van der Waals surface area contributed by atoms with Crippen LogP contribution in [-0.2, 0) is 14.2 Å². The van der Waals surface area contributed by atoms with Gasteiger partial charge in [0.2, 0.25) is 0 Å². The summed E-state index contributed by atoms with van der Waals surface area (Å²) in [6.45, 7) is 11.4. The Morgan fingerprint density at radius 1 is 1.14 bits per heavy atom. The van der Waals surface area contributed by atoms with Crippen LogP contribution in [0.1, 0.15) is 60.3 Å². The SMILES string of the molecule is CN(C(=O)OC(C)(C)C)C1CCC2(CC1)OCC(C)(C)CO2. The first-order valence-electron chi connectivity index (χ1n) is 8.26. The normalized spacial score (nSPS) is 25.0. The predicted octanol–water partition coefficient (Wildman–Crippen LogP) is 3.57. The highest BCUT2D eigenvalue weighted by Crippen LogP contribution is 2.40. The third-order valence-electron chi connectivity index (χ3n) is 4.40. The summed E-state index contributed by atoms with van der Waals surface area (Å²) in [7, 11) is 1.82. The molecule has 1 saturated heterocycles. The summed E-state index contributed by atoms with van der Waals surface area (Å²) in [6.07, 6.45) is 3.19. The van der Waals surface area contributed by atoms with Gasteiger partial charge in [-0.3, -0.25) is 0 Å². The Hall–Kier alpha value is -0.810. The predicted molar refractivity (Wildman–Crippen MR) is 84.7 cm³/mol. The van der Waals surface area contributed by atoms with E-state index in [0.717, 1.165) is 38.9 Å². The number of hydrogen-bond donors (Lipinski definition) is 0. The van der Waals surface area contributed by atoms with Crippen molar-refractivity contribution < 1.29 is 19.0 Å². The van der Waals surface area contributed by atoms with Crippen molar-refractivity contribution in [3.05, 3.63) is 0 Å². The number of carbonyl (C=O) groups excluding carboxylic acids is 1. The van der Waals surface area contributed by atoms with Crippen LogP contribution in [0.5, 0.6) is 0 Å². The molecule has 22 heavy (non-hydrogen) atoms. The van der Waals surface area contributed by atoms with Gasteiger partial charge in [0, 0.05) is 31.3 Å². The second kappa shape index (κ2) is 6.00. The van der Waals surface area contributed by atoms with E-state index in [-0.39, 0.29) is 17.6 Å². The smallest absolute Gasteiger partial charge is 0.410 e. The second-order valence-electron chi connectivity index (χ2n) is 8.47. The maximum absolute atomic E-state index is 12.2. The van der Waals surface area contributed by atoms with Gasteiger partial charge in [-0.2, -0.15) is 0 Å². The molecule has 1 amide bonds. The largest absolute Gasteiger partial charge is 0.444 e. The minimum Gasteiger partial charge on any atom is -0.444 e.